The van der Waals surface area contributed by atoms with E-state index in [9.17, 15) is 14.2 Å². The Labute approximate surface area is 383 Å². The van der Waals surface area contributed by atoms with E-state index in [0.717, 1.165) is 44.9 Å². The van der Waals surface area contributed by atoms with Crippen molar-refractivity contribution in [1.29, 1.82) is 0 Å². The molecule has 0 aliphatic heterocycles. The quantitative estimate of drug-likeness (QED) is 0.0268. The number of esters is 2. The Morgan fingerprint density at radius 2 is 0.726 bits per heavy atom. The second-order valence-electron chi connectivity index (χ2n) is 18.2. The summed E-state index contributed by atoms with van der Waals surface area (Å²) in [5.74, 6) is -0.870. The zero-order chi connectivity index (χ0) is 45.3. The second-order valence-corrected chi connectivity index (χ2v) is 19.5. The minimum Gasteiger partial charge on any atom is -0.462 e. The molecule has 0 saturated heterocycles. The normalized spacial score (nSPS) is 12.5. The number of phosphoric acid groups is 1. The molecule has 62 heavy (non-hydrogen) atoms. The van der Waals surface area contributed by atoms with Gasteiger partial charge in [-0.1, -0.05) is 250 Å². The zero-order valence-corrected chi connectivity index (χ0v) is 41.7. The average molecular weight is 897 g/mol. The summed E-state index contributed by atoms with van der Waals surface area (Å²) in [4.78, 5) is 43.1. The standard InChI is InChI=1S/C53H101O8P/c1-3-5-7-9-11-13-15-17-19-21-23-25-26-28-30-32-34-36-38-40-42-44-46-48-53(55)61-51(50-60-62(56,57)58)49-59-52(54)47-45-43-41-39-37-35-33-31-29-27-24-22-20-18-16-14-12-10-8-6-4-2/h15,17,21,23,51H,3-14,16,18-20,22,24-50H2,1-2H3,(H2,56,57,58)/b17-15-,23-21-. The summed E-state index contributed by atoms with van der Waals surface area (Å²) in [5, 5.41) is 0. The van der Waals surface area contributed by atoms with Gasteiger partial charge < -0.3 is 19.3 Å². The van der Waals surface area contributed by atoms with Crippen LogP contribution in [0.1, 0.15) is 284 Å². The molecule has 2 N–H and O–H groups in total. The van der Waals surface area contributed by atoms with Crippen LogP contribution in [0.3, 0.4) is 0 Å². The lowest BCUT2D eigenvalue weighted by Gasteiger charge is -2.18. The Morgan fingerprint density at radius 1 is 0.419 bits per heavy atom. The first-order valence-electron chi connectivity index (χ1n) is 26.6. The minimum atomic E-state index is -4.76. The molecule has 1 unspecified atom stereocenters. The number of carbonyl (C=O) groups is 2. The third kappa shape index (κ3) is 51.2. The number of ether oxygens (including phenoxy) is 2. The smallest absolute Gasteiger partial charge is 0.462 e. The molecule has 0 radical (unpaired) electrons. The predicted octanol–water partition coefficient (Wildman–Crippen LogP) is 17.1. The van der Waals surface area contributed by atoms with Crippen molar-refractivity contribution in [3.8, 4) is 0 Å². The van der Waals surface area contributed by atoms with E-state index in [1.807, 2.05) is 0 Å². The summed E-state index contributed by atoms with van der Waals surface area (Å²) in [7, 11) is -4.76. The fourth-order valence-electron chi connectivity index (χ4n) is 8.00. The number of carbonyl (C=O) groups excluding carboxylic acids is 2. The molecule has 366 valence electrons. The van der Waals surface area contributed by atoms with Gasteiger partial charge in [-0.05, 0) is 44.9 Å². The summed E-state index contributed by atoms with van der Waals surface area (Å²) < 4.78 is 26.6. The maximum atomic E-state index is 12.5. The fraction of sp³-hybridized carbons (Fsp3) is 0.887. The van der Waals surface area contributed by atoms with Crippen molar-refractivity contribution in [2.24, 2.45) is 0 Å². The molecular weight excluding hydrogens is 796 g/mol. The molecule has 0 fully saturated rings. The Balaban J connectivity index is 3.77. The number of hydrogen-bond donors (Lipinski definition) is 2. The maximum absolute atomic E-state index is 12.5. The Hall–Kier alpha value is -1.47. The predicted molar refractivity (Wildman–Crippen MR) is 262 cm³/mol. The Morgan fingerprint density at radius 3 is 1.06 bits per heavy atom. The van der Waals surface area contributed by atoms with Crippen LogP contribution in [0.2, 0.25) is 0 Å². The first kappa shape index (κ1) is 60.5. The van der Waals surface area contributed by atoms with Crippen molar-refractivity contribution in [3.05, 3.63) is 24.3 Å². The number of phosphoric ester groups is 1. The molecule has 0 aromatic carbocycles. The highest BCUT2D eigenvalue weighted by Crippen LogP contribution is 2.36. The highest BCUT2D eigenvalue weighted by atomic mass is 31.2. The molecule has 0 bridgehead atoms. The van der Waals surface area contributed by atoms with E-state index >= 15 is 0 Å². The summed E-state index contributed by atoms with van der Waals surface area (Å²) >= 11 is 0. The monoisotopic (exact) mass is 897 g/mol. The van der Waals surface area contributed by atoms with Gasteiger partial charge in [-0.2, -0.15) is 0 Å². The molecule has 0 amide bonds. The van der Waals surface area contributed by atoms with Gasteiger partial charge in [0.15, 0.2) is 6.10 Å². The van der Waals surface area contributed by atoms with Crippen molar-refractivity contribution in [3.63, 3.8) is 0 Å². The molecule has 0 saturated carbocycles. The van der Waals surface area contributed by atoms with Gasteiger partial charge in [0.1, 0.15) is 6.61 Å². The van der Waals surface area contributed by atoms with Gasteiger partial charge in [-0.25, -0.2) is 4.57 Å². The molecule has 1 atom stereocenters. The van der Waals surface area contributed by atoms with E-state index in [4.69, 9.17) is 19.3 Å². The van der Waals surface area contributed by atoms with Gasteiger partial charge in [-0.3, -0.25) is 14.1 Å². The van der Waals surface area contributed by atoms with Gasteiger partial charge in [0, 0.05) is 12.8 Å². The molecular formula is C53H101O8P. The van der Waals surface area contributed by atoms with E-state index in [1.54, 1.807) is 0 Å². The van der Waals surface area contributed by atoms with Gasteiger partial charge in [0.25, 0.3) is 0 Å². The van der Waals surface area contributed by atoms with Crippen molar-refractivity contribution >= 4 is 19.8 Å². The summed E-state index contributed by atoms with van der Waals surface area (Å²) in [5.41, 5.74) is 0. The number of allylic oxidation sites excluding steroid dienone is 4. The van der Waals surface area contributed by atoms with Crippen molar-refractivity contribution < 1.29 is 37.9 Å². The van der Waals surface area contributed by atoms with Crippen LogP contribution < -0.4 is 0 Å². The van der Waals surface area contributed by atoms with E-state index in [1.165, 1.54) is 205 Å². The van der Waals surface area contributed by atoms with E-state index in [2.05, 4.69) is 42.7 Å². The summed E-state index contributed by atoms with van der Waals surface area (Å²) in [6, 6.07) is 0. The van der Waals surface area contributed by atoms with Gasteiger partial charge in [0.2, 0.25) is 0 Å². The Kier molecular flexibility index (Phi) is 47.8. The van der Waals surface area contributed by atoms with Crippen LogP contribution >= 0.6 is 7.82 Å². The fourth-order valence-corrected chi connectivity index (χ4v) is 8.36. The topological polar surface area (TPSA) is 119 Å². The highest BCUT2D eigenvalue weighted by Gasteiger charge is 2.23. The third-order valence-electron chi connectivity index (χ3n) is 12.0. The van der Waals surface area contributed by atoms with E-state index < -0.39 is 32.5 Å². The summed E-state index contributed by atoms with van der Waals surface area (Å²) in [6.45, 7) is 3.73. The number of unbranched alkanes of at least 4 members (excludes halogenated alkanes) is 36. The average Bonchev–Trinajstić information content (AvgIpc) is 3.25. The second kappa shape index (κ2) is 49.0. The van der Waals surface area contributed by atoms with Crippen LogP contribution in [0, 0.1) is 0 Å². The van der Waals surface area contributed by atoms with Crippen LogP contribution in [0.4, 0.5) is 0 Å². The largest absolute Gasteiger partial charge is 0.469 e. The number of rotatable bonds is 50. The van der Waals surface area contributed by atoms with Gasteiger partial charge >= 0.3 is 19.8 Å². The van der Waals surface area contributed by atoms with Gasteiger partial charge in [0.05, 0.1) is 6.61 Å². The molecule has 9 heteroatoms. The Bertz CT molecular complexity index is 1060. The minimum absolute atomic E-state index is 0.213. The van der Waals surface area contributed by atoms with Crippen molar-refractivity contribution in [2.75, 3.05) is 13.2 Å². The molecule has 0 aromatic rings. The van der Waals surface area contributed by atoms with E-state index in [0.29, 0.717) is 6.42 Å². The zero-order valence-electron chi connectivity index (χ0n) is 40.8. The van der Waals surface area contributed by atoms with Crippen LogP contribution in [0.25, 0.3) is 0 Å². The van der Waals surface area contributed by atoms with Crippen LogP contribution in [-0.4, -0.2) is 41.0 Å². The van der Waals surface area contributed by atoms with Crippen LogP contribution in [0.15, 0.2) is 24.3 Å². The molecule has 8 nitrogen and oxygen atoms in total. The molecule has 0 aromatic heterocycles. The molecule has 0 heterocycles. The molecule has 0 aliphatic rings. The van der Waals surface area contributed by atoms with Crippen molar-refractivity contribution in [2.45, 2.75) is 290 Å². The summed E-state index contributed by atoms with van der Waals surface area (Å²) in [6.07, 6.45) is 59.1. The van der Waals surface area contributed by atoms with Crippen LogP contribution in [-0.2, 0) is 28.2 Å². The lowest BCUT2D eigenvalue weighted by atomic mass is 10.0. The molecule has 0 aliphatic carbocycles. The highest BCUT2D eigenvalue weighted by molar-refractivity contribution is 7.46. The molecule has 0 spiro atoms. The SMILES string of the molecule is CCCCCCC/C=C\C/C=C\CCCCCCCCCCCCCC(=O)OC(COC(=O)CCCCCCCCCCCCCCCCCCCCCCC)COP(=O)(O)O. The third-order valence-corrected chi connectivity index (χ3v) is 12.5. The lowest BCUT2D eigenvalue weighted by molar-refractivity contribution is -0.161. The lowest BCUT2D eigenvalue weighted by Crippen LogP contribution is -2.29. The number of hydrogen-bond acceptors (Lipinski definition) is 6. The first-order chi connectivity index (χ1) is 30.3. The van der Waals surface area contributed by atoms with Crippen LogP contribution in [0.5, 0.6) is 0 Å². The molecule has 0 rings (SSSR count). The maximum Gasteiger partial charge on any atom is 0.469 e. The van der Waals surface area contributed by atoms with Gasteiger partial charge in [-0.15, -0.1) is 0 Å². The first-order valence-corrected chi connectivity index (χ1v) is 28.2. The van der Waals surface area contributed by atoms with E-state index in [-0.39, 0.29) is 19.4 Å². The van der Waals surface area contributed by atoms with Crippen molar-refractivity contribution in [1.82, 2.24) is 0 Å².